The smallest absolute Gasteiger partial charge is 0.417 e. The lowest BCUT2D eigenvalue weighted by Gasteiger charge is -2.31. The Balaban J connectivity index is 2.41. The molecule has 1 heterocycles. The van der Waals surface area contributed by atoms with Crippen LogP contribution < -0.4 is 4.90 Å². The molecule has 0 saturated carbocycles. The van der Waals surface area contributed by atoms with E-state index in [1.807, 2.05) is 0 Å². The van der Waals surface area contributed by atoms with Crippen LogP contribution >= 0.6 is 0 Å². The number of ether oxygens (including phenoxy) is 1. The summed E-state index contributed by atoms with van der Waals surface area (Å²) in [4.78, 5) is 26.9. The van der Waals surface area contributed by atoms with E-state index in [1.54, 1.807) is 6.92 Å². The molecule has 7 nitrogen and oxygen atoms in total. The van der Waals surface area contributed by atoms with Crippen molar-refractivity contribution in [3.05, 3.63) is 29.3 Å². The Bertz CT molecular complexity index is 776. The third-order valence-electron chi connectivity index (χ3n) is 4.34. The van der Waals surface area contributed by atoms with Crippen LogP contribution in [0.5, 0.6) is 0 Å². The van der Waals surface area contributed by atoms with Crippen LogP contribution in [0, 0.1) is 11.3 Å². The molecule has 1 N–H and O–H groups in total. The quantitative estimate of drug-likeness (QED) is 0.805. The van der Waals surface area contributed by atoms with Gasteiger partial charge in [0.1, 0.15) is 0 Å². The van der Waals surface area contributed by atoms with E-state index in [2.05, 4.69) is 4.74 Å². The number of rotatable bonds is 3. The highest BCUT2D eigenvalue weighted by Crippen LogP contribution is 2.35. The van der Waals surface area contributed by atoms with Gasteiger partial charge in [-0.1, -0.05) is 0 Å². The number of carbonyl (C=O) groups excluding carboxylic acids is 2. The Kier molecular flexibility index (Phi) is 5.95. The standard InChI is InChI=1S/C17H18F3N3O4/c1-3-22(11-5-4-10(9-21)12(8-11)17(18,19)20)16(26)23-7-6-13(24)14(23)15(25)27-2/h4-5,8,13-14,24H,3,6-7H2,1-2H3. The van der Waals surface area contributed by atoms with Crippen LogP contribution in [0.3, 0.4) is 0 Å². The van der Waals surface area contributed by atoms with Gasteiger partial charge in [-0.3, -0.25) is 4.90 Å². The van der Waals surface area contributed by atoms with Crippen LogP contribution in [0.25, 0.3) is 0 Å². The first-order chi connectivity index (χ1) is 12.6. The van der Waals surface area contributed by atoms with Gasteiger partial charge in [-0.15, -0.1) is 0 Å². The molecule has 1 saturated heterocycles. The van der Waals surface area contributed by atoms with E-state index >= 15 is 0 Å². The van der Waals surface area contributed by atoms with Crippen molar-refractivity contribution in [2.75, 3.05) is 25.1 Å². The van der Waals surface area contributed by atoms with E-state index in [0.29, 0.717) is 0 Å². The van der Waals surface area contributed by atoms with Crippen LogP contribution in [-0.2, 0) is 15.7 Å². The molecule has 1 fully saturated rings. The molecule has 2 atom stereocenters. The van der Waals surface area contributed by atoms with Crippen molar-refractivity contribution < 1.29 is 32.6 Å². The maximum atomic E-state index is 13.2. The summed E-state index contributed by atoms with van der Waals surface area (Å²) in [6, 6.07) is 2.46. The molecule has 0 aromatic heterocycles. The number of amides is 2. The van der Waals surface area contributed by atoms with Crippen molar-refractivity contribution in [3.63, 3.8) is 0 Å². The van der Waals surface area contributed by atoms with Crippen molar-refractivity contribution in [1.29, 1.82) is 5.26 Å². The van der Waals surface area contributed by atoms with E-state index < -0.39 is 41.4 Å². The molecule has 2 rings (SSSR count). The molecule has 0 aliphatic carbocycles. The lowest BCUT2D eigenvalue weighted by Crippen LogP contribution is -2.51. The molecular weight excluding hydrogens is 367 g/mol. The van der Waals surface area contributed by atoms with Crippen molar-refractivity contribution in [2.45, 2.75) is 31.7 Å². The van der Waals surface area contributed by atoms with E-state index in [4.69, 9.17) is 5.26 Å². The normalized spacial score (nSPS) is 19.5. The minimum Gasteiger partial charge on any atom is -0.467 e. The van der Waals surface area contributed by atoms with Gasteiger partial charge in [0.25, 0.3) is 0 Å². The van der Waals surface area contributed by atoms with E-state index in [9.17, 15) is 27.9 Å². The van der Waals surface area contributed by atoms with Gasteiger partial charge < -0.3 is 14.7 Å². The lowest BCUT2D eigenvalue weighted by atomic mass is 10.1. The minimum atomic E-state index is -4.76. The van der Waals surface area contributed by atoms with Crippen LogP contribution in [-0.4, -0.2) is 54.4 Å². The molecule has 1 aromatic rings. The van der Waals surface area contributed by atoms with Gasteiger partial charge in [0.05, 0.1) is 30.4 Å². The third-order valence-corrected chi connectivity index (χ3v) is 4.34. The monoisotopic (exact) mass is 385 g/mol. The van der Waals surface area contributed by atoms with Crippen molar-refractivity contribution >= 4 is 17.7 Å². The largest absolute Gasteiger partial charge is 0.467 e. The number of likely N-dealkylation sites (tertiary alicyclic amines) is 1. The second-order valence-corrected chi connectivity index (χ2v) is 5.88. The highest BCUT2D eigenvalue weighted by atomic mass is 19.4. The SMILES string of the molecule is CCN(C(=O)N1CCC(O)C1C(=O)OC)c1ccc(C#N)c(C(F)(F)F)c1. The number of alkyl halides is 3. The summed E-state index contributed by atoms with van der Waals surface area (Å²) < 4.78 is 44.2. The number of methoxy groups -OCH3 is 1. The molecule has 0 spiro atoms. The number of aliphatic hydroxyl groups is 1. The summed E-state index contributed by atoms with van der Waals surface area (Å²) in [7, 11) is 1.11. The number of benzene rings is 1. The van der Waals surface area contributed by atoms with E-state index in [0.717, 1.165) is 29.0 Å². The van der Waals surface area contributed by atoms with Crippen molar-refractivity contribution in [2.24, 2.45) is 0 Å². The first kappa shape index (κ1) is 20.5. The number of halogens is 3. The Morgan fingerprint density at radius 3 is 2.63 bits per heavy atom. The van der Waals surface area contributed by atoms with Crippen molar-refractivity contribution in [1.82, 2.24) is 4.90 Å². The van der Waals surface area contributed by atoms with Gasteiger partial charge in [-0.25, -0.2) is 9.59 Å². The Morgan fingerprint density at radius 2 is 2.11 bits per heavy atom. The zero-order valence-corrected chi connectivity index (χ0v) is 14.7. The maximum Gasteiger partial charge on any atom is 0.417 e. The zero-order chi connectivity index (χ0) is 20.4. The molecule has 2 unspecified atom stereocenters. The predicted molar refractivity (Wildman–Crippen MR) is 87.7 cm³/mol. The molecule has 1 aliphatic rings. The molecule has 0 bridgehead atoms. The number of carbonyl (C=O) groups is 2. The van der Waals surface area contributed by atoms with E-state index in [1.165, 1.54) is 12.1 Å². The highest BCUT2D eigenvalue weighted by molar-refractivity contribution is 5.95. The van der Waals surface area contributed by atoms with Gasteiger partial charge >= 0.3 is 18.2 Å². The van der Waals surface area contributed by atoms with Gasteiger partial charge in [0.2, 0.25) is 0 Å². The van der Waals surface area contributed by atoms with Crippen LogP contribution in [0.1, 0.15) is 24.5 Å². The molecule has 10 heteroatoms. The number of anilines is 1. The number of aliphatic hydroxyl groups excluding tert-OH is 1. The average Bonchev–Trinajstić information content (AvgIpc) is 3.02. The Morgan fingerprint density at radius 1 is 1.44 bits per heavy atom. The number of nitriles is 1. The Hall–Kier alpha value is -2.80. The summed E-state index contributed by atoms with van der Waals surface area (Å²) in [6.07, 6.45) is -5.74. The second kappa shape index (κ2) is 7.84. The van der Waals surface area contributed by atoms with Gasteiger partial charge in [-0.2, -0.15) is 18.4 Å². The molecule has 27 heavy (non-hydrogen) atoms. The fourth-order valence-electron chi connectivity index (χ4n) is 3.01. The molecule has 2 amide bonds. The predicted octanol–water partition coefficient (Wildman–Crippen LogP) is 2.13. The summed E-state index contributed by atoms with van der Waals surface area (Å²) in [5.41, 5.74) is -1.78. The maximum absolute atomic E-state index is 13.2. The van der Waals surface area contributed by atoms with Crippen LogP contribution in [0.4, 0.5) is 23.7 Å². The van der Waals surface area contributed by atoms with Crippen molar-refractivity contribution in [3.8, 4) is 6.07 Å². The molecule has 146 valence electrons. The number of hydrogen-bond donors (Lipinski definition) is 1. The summed E-state index contributed by atoms with van der Waals surface area (Å²) in [5, 5.41) is 18.8. The molecule has 1 aliphatic heterocycles. The summed E-state index contributed by atoms with van der Waals surface area (Å²) in [6.45, 7) is 1.63. The molecule has 0 radical (unpaired) electrons. The molecule has 1 aromatic carbocycles. The number of nitrogens with zero attached hydrogens (tertiary/aromatic N) is 3. The van der Waals surface area contributed by atoms with Gasteiger partial charge in [-0.05, 0) is 31.5 Å². The topological polar surface area (TPSA) is 93.9 Å². The first-order valence-corrected chi connectivity index (χ1v) is 8.11. The minimum absolute atomic E-state index is 0.0164. The number of hydrogen-bond acceptors (Lipinski definition) is 5. The molecular formula is C17H18F3N3O4. The fourth-order valence-corrected chi connectivity index (χ4v) is 3.01. The van der Waals surface area contributed by atoms with E-state index in [-0.39, 0.29) is 25.2 Å². The first-order valence-electron chi connectivity index (χ1n) is 8.11. The number of esters is 1. The fraction of sp³-hybridized carbons (Fsp3) is 0.471. The van der Waals surface area contributed by atoms with Gasteiger partial charge in [0, 0.05) is 18.8 Å². The van der Waals surface area contributed by atoms with Gasteiger partial charge in [0.15, 0.2) is 6.04 Å². The summed E-state index contributed by atoms with van der Waals surface area (Å²) >= 11 is 0. The van der Waals surface area contributed by atoms with Crippen LogP contribution in [0.15, 0.2) is 18.2 Å². The van der Waals surface area contributed by atoms with Crippen LogP contribution in [0.2, 0.25) is 0 Å². The second-order valence-electron chi connectivity index (χ2n) is 5.88. The lowest BCUT2D eigenvalue weighted by molar-refractivity contribution is -0.147. The number of urea groups is 1. The highest BCUT2D eigenvalue weighted by Gasteiger charge is 2.43. The zero-order valence-electron chi connectivity index (χ0n) is 14.7. The Labute approximate surface area is 153 Å². The summed E-state index contributed by atoms with van der Waals surface area (Å²) in [5.74, 6) is -0.805. The average molecular weight is 385 g/mol. The third kappa shape index (κ3) is 3.98.